The van der Waals surface area contributed by atoms with Crippen LogP contribution in [0.1, 0.15) is 59.8 Å². The average molecular weight is 254 g/mol. The minimum atomic E-state index is -0.267. The van der Waals surface area contributed by atoms with E-state index < -0.39 is 0 Å². The molecule has 18 heavy (non-hydrogen) atoms. The highest BCUT2D eigenvalue weighted by Gasteiger charge is 2.22. The molecule has 1 aliphatic rings. The van der Waals surface area contributed by atoms with Gasteiger partial charge in [-0.25, -0.2) is 0 Å². The van der Waals surface area contributed by atoms with Crippen LogP contribution in [0.25, 0.3) is 0 Å². The minimum Gasteiger partial charge on any atom is -0.356 e. The highest BCUT2D eigenvalue weighted by atomic mass is 16.2. The summed E-state index contributed by atoms with van der Waals surface area (Å²) in [6.45, 7) is 11.3. The van der Waals surface area contributed by atoms with Gasteiger partial charge in [-0.05, 0) is 32.2 Å². The van der Waals surface area contributed by atoms with Crippen molar-refractivity contribution in [3.63, 3.8) is 0 Å². The predicted molar refractivity (Wildman–Crippen MR) is 76.6 cm³/mol. The van der Waals surface area contributed by atoms with Crippen LogP contribution in [0.3, 0.4) is 0 Å². The Kier molecular flexibility index (Phi) is 6.13. The van der Waals surface area contributed by atoms with Crippen LogP contribution in [0.5, 0.6) is 0 Å². The van der Waals surface area contributed by atoms with Gasteiger partial charge in [-0.3, -0.25) is 4.79 Å². The van der Waals surface area contributed by atoms with E-state index in [-0.39, 0.29) is 11.3 Å². The van der Waals surface area contributed by atoms with Crippen molar-refractivity contribution >= 4 is 5.91 Å². The maximum Gasteiger partial charge on any atom is 0.225 e. The third kappa shape index (κ3) is 4.97. The molecule has 1 atom stereocenters. The normalized spacial score (nSPS) is 21.9. The Morgan fingerprint density at radius 2 is 2.06 bits per heavy atom. The number of rotatable bonds is 5. The number of hydrogen-bond donors (Lipinski definition) is 1. The third-order valence-corrected chi connectivity index (χ3v) is 3.81. The van der Waals surface area contributed by atoms with Crippen molar-refractivity contribution in [2.75, 3.05) is 19.6 Å². The van der Waals surface area contributed by atoms with Crippen molar-refractivity contribution in [1.29, 1.82) is 0 Å². The SMILES string of the molecule is CC[C@H]1CCCCN1CCCNC(=O)C(C)(C)C. The molecule has 0 aliphatic carbocycles. The van der Waals surface area contributed by atoms with Gasteiger partial charge in [0.2, 0.25) is 5.91 Å². The number of nitrogens with one attached hydrogen (secondary N) is 1. The molecule has 0 unspecified atom stereocenters. The largest absolute Gasteiger partial charge is 0.356 e. The molecule has 1 rings (SSSR count). The monoisotopic (exact) mass is 254 g/mol. The average Bonchev–Trinajstić information content (AvgIpc) is 2.33. The Labute approximate surface area is 112 Å². The fraction of sp³-hybridized carbons (Fsp3) is 0.933. The van der Waals surface area contributed by atoms with Crippen LogP contribution in [0.15, 0.2) is 0 Å². The summed E-state index contributed by atoms with van der Waals surface area (Å²) in [4.78, 5) is 14.3. The van der Waals surface area contributed by atoms with E-state index in [9.17, 15) is 4.79 Å². The number of amides is 1. The molecule has 1 fully saturated rings. The summed E-state index contributed by atoms with van der Waals surface area (Å²) >= 11 is 0. The molecule has 1 amide bonds. The summed E-state index contributed by atoms with van der Waals surface area (Å²) in [6, 6.07) is 0.775. The van der Waals surface area contributed by atoms with E-state index >= 15 is 0 Å². The van der Waals surface area contributed by atoms with Crippen LogP contribution in [0.4, 0.5) is 0 Å². The van der Waals surface area contributed by atoms with Gasteiger partial charge < -0.3 is 10.2 Å². The Morgan fingerprint density at radius 1 is 1.33 bits per heavy atom. The standard InChI is InChI=1S/C15H30N2O/c1-5-13-9-6-7-11-17(13)12-8-10-16-14(18)15(2,3)4/h13H,5-12H2,1-4H3,(H,16,18)/t13-/m0/s1. The lowest BCUT2D eigenvalue weighted by atomic mass is 9.96. The highest BCUT2D eigenvalue weighted by molar-refractivity contribution is 5.81. The van der Waals surface area contributed by atoms with Crippen molar-refractivity contribution in [2.45, 2.75) is 65.8 Å². The molecule has 0 aromatic carbocycles. The second-order valence-electron chi connectivity index (χ2n) is 6.45. The summed E-state index contributed by atoms with van der Waals surface area (Å²) in [7, 11) is 0. The number of nitrogens with zero attached hydrogens (tertiary/aromatic N) is 1. The lowest BCUT2D eigenvalue weighted by molar-refractivity contribution is -0.128. The van der Waals surface area contributed by atoms with Gasteiger partial charge in [0, 0.05) is 24.5 Å². The van der Waals surface area contributed by atoms with E-state index in [1.165, 1.54) is 32.2 Å². The third-order valence-electron chi connectivity index (χ3n) is 3.81. The maximum atomic E-state index is 11.7. The van der Waals surface area contributed by atoms with Crippen LogP contribution in [0.2, 0.25) is 0 Å². The molecule has 0 radical (unpaired) electrons. The Balaban J connectivity index is 2.19. The number of carbonyl (C=O) groups excluding carboxylic acids is 1. The van der Waals surface area contributed by atoms with Gasteiger partial charge in [0.15, 0.2) is 0 Å². The quantitative estimate of drug-likeness (QED) is 0.765. The fourth-order valence-corrected chi connectivity index (χ4v) is 2.57. The van der Waals surface area contributed by atoms with Crippen molar-refractivity contribution in [3.05, 3.63) is 0 Å². The molecule has 1 heterocycles. The first-order valence-electron chi connectivity index (χ1n) is 7.47. The molecule has 0 saturated carbocycles. The van der Waals surface area contributed by atoms with Crippen molar-refractivity contribution in [1.82, 2.24) is 10.2 Å². The predicted octanol–water partition coefficient (Wildman–Crippen LogP) is 2.80. The summed E-state index contributed by atoms with van der Waals surface area (Å²) in [5.41, 5.74) is -0.267. The van der Waals surface area contributed by atoms with Gasteiger partial charge >= 0.3 is 0 Å². The van der Waals surface area contributed by atoms with Crippen LogP contribution >= 0.6 is 0 Å². The van der Waals surface area contributed by atoms with E-state index in [1.807, 2.05) is 20.8 Å². The number of carbonyl (C=O) groups is 1. The highest BCUT2D eigenvalue weighted by Crippen LogP contribution is 2.19. The molecule has 3 nitrogen and oxygen atoms in total. The van der Waals surface area contributed by atoms with Crippen LogP contribution < -0.4 is 5.32 Å². The van der Waals surface area contributed by atoms with Gasteiger partial charge in [-0.2, -0.15) is 0 Å². The molecular weight excluding hydrogens is 224 g/mol. The first-order chi connectivity index (χ1) is 8.45. The minimum absolute atomic E-state index is 0.160. The Bertz CT molecular complexity index is 258. The molecule has 3 heteroatoms. The fourth-order valence-electron chi connectivity index (χ4n) is 2.57. The Hall–Kier alpha value is -0.570. The molecule has 1 aliphatic heterocycles. The Morgan fingerprint density at radius 3 is 2.67 bits per heavy atom. The first kappa shape index (κ1) is 15.5. The first-order valence-corrected chi connectivity index (χ1v) is 7.47. The summed E-state index contributed by atoms with van der Waals surface area (Å²) in [5.74, 6) is 0.160. The number of hydrogen-bond acceptors (Lipinski definition) is 2. The molecule has 1 saturated heterocycles. The topological polar surface area (TPSA) is 32.3 Å². The zero-order chi connectivity index (χ0) is 13.6. The smallest absolute Gasteiger partial charge is 0.225 e. The van der Waals surface area contributed by atoms with Gasteiger partial charge in [-0.15, -0.1) is 0 Å². The molecule has 0 aromatic heterocycles. The molecule has 1 N–H and O–H groups in total. The molecular formula is C15H30N2O. The molecule has 0 spiro atoms. The van der Waals surface area contributed by atoms with Crippen LogP contribution in [-0.2, 0) is 4.79 Å². The summed E-state index contributed by atoms with van der Waals surface area (Å²) in [5, 5.41) is 3.03. The molecule has 106 valence electrons. The van der Waals surface area contributed by atoms with Crippen LogP contribution in [0, 0.1) is 5.41 Å². The van der Waals surface area contributed by atoms with Gasteiger partial charge in [-0.1, -0.05) is 34.1 Å². The zero-order valence-electron chi connectivity index (χ0n) is 12.6. The van der Waals surface area contributed by atoms with E-state index in [4.69, 9.17) is 0 Å². The zero-order valence-corrected chi connectivity index (χ0v) is 12.6. The molecule has 0 aromatic rings. The van der Waals surface area contributed by atoms with E-state index in [2.05, 4.69) is 17.1 Å². The molecule has 0 bridgehead atoms. The lowest BCUT2D eigenvalue weighted by Crippen LogP contribution is -2.41. The van der Waals surface area contributed by atoms with Crippen LogP contribution in [-0.4, -0.2) is 36.5 Å². The summed E-state index contributed by atoms with van der Waals surface area (Å²) < 4.78 is 0. The van der Waals surface area contributed by atoms with Crippen molar-refractivity contribution < 1.29 is 4.79 Å². The van der Waals surface area contributed by atoms with Crippen molar-refractivity contribution in [2.24, 2.45) is 5.41 Å². The van der Waals surface area contributed by atoms with Gasteiger partial charge in [0.05, 0.1) is 0 Å². The summed E-state index contributed by atoms with van der Waals surface area (Å²) in [6.07, 6.45) is 6.40. The second kappa shape index (κ2) is 7.13. The number of likely N-dealkylation sites (tertiary alicyclic amines) is 1. The second-order valence-corrected chi connectivity index (χ2v) is 6.45. The van der Waals surface area contributed by atoms with Crippen molar-refractivity contribution in [3.8, 4) is 0 Å². The van der Waals surface area contributed by atoms with E-state index in [1.54, 1.807) is 0 Å². The number of piperidine rings is 1. The lowest BCUT2D eigenvalue weighted by Gasteiger charge is -2.35. The van der Waals surface area contributed by atoms with E-state index in [0.717, 1.165) is 25.6 Å². The maximum absolute atomic E-state index is 11.7. The van der Waals surface area contributed by atoms with E-state index in [0.29, 0.717) is 0 Å². The van der Waals surface area contributed by atoms with Gasteiger partial charge in [0.25, 0.3) is 0 Å². The van der Waals surface area contributed by atoms with Gasteiger partial charge in [0.1, 0.15) is 0 Å².